The lowest BCUT2D eigenvalue weighted by Gasteiger charge is -2.24. The van der Waals surface area contributed by atoms with E-state index in [1.165, 1.54) is 23.4 Å². The van der Waals surface area contributed by atoms with Crippen LogP contribution in [0.4, 0.5) is 0 Å². The zero-order valence-electron chi connectivity index (χ0n) is 15.9. The molecule has 27 heavy (non-hydrogen) atoms. The highest BCUT2D eigenvalue weighted by molar-refractivity contribution is 6.31. The van der Waals surface area contributed by atoms with Crippen molar-refractivity contribution in [1.82, 2.24) is 19.7 Å². The average molecular weight is 381 g/mol. The quantitative estimate of drug-likeness (QED) is 0.643. The first-order valence-corrected chi connectivity index (χ1v) is 9.90. The van der Waals surface area contributed by atoms with E-state index in [1.54, 1.807) is 0 Å². The van der Waals surface area contributed by atoms with Crippen molar-refractivity contribution in [3.8, 4) is 0 Å². The fourth-order valence-electron chi connectivity index (χ4n) is 4.02. The van der Waals surface area contributed by atoms with E-state index in [1.807, 2.05) is 36.1 Å². The minimum absolute atomic E-state index is 0.366. The summed E-state index contributed by atoms with van der Waals surface area (Å²) in [6.45, 7) is 4.10. The van der Waals surface area contributed by atoms with Gasteiger partial charge in [-0.1, -0.05) is 29.8 Å². The highest BCUT2D eigenvalue weighted by Crippen LogP contribution is 2.33. The number of pyridine rings is 1. The predicted molar refractivity (Wildman–Crippen MR) is 109 cm³/mol. The number of hydrogen-bond acceptors (Lipinski definition) is 3. The molecule has 1 unspecified atom stereocenters. The maximum Gasteiger partial charge on any atom is 0.0581 e. The zero-order chi connectivity index (χ0) is 18.8. The minimum Gasteiger partial charge on any atom is -0.289 e. The van der Waals surface area contributed by atoms with Crippen LogP contribution >= 0.6 is 11.6 Å². The van der Waals surface area contributed by atoms with Crippen molar-refractivity contribution >= 4 is 11.6 Å². The molecule has 4 nitrogen and oxygen atoms in total. The Morgan fingerprint density at radius 1 is 1.19 bits per heavy atom. The van der Waals surface area contributed by atoms with Gasteiger partial charge in [0.15, 0.2) is 0 Å². The second-order valence-corrected chi connectivity index (χ2v) is 7.79. The Hall–Kier alpha value is -2.17. The molecule has 0 bridgehead atoms. The summed E-state index contributed by atoms with van der Waals surface area (Å²) in [5.41, 5.74) is 5.93. The summed E-state index contributed by atoms with van der Waals surface area (Å²) in [7, 11) is 2.01. The molecule has 2 aromatic heterocycles. The Kier molecular flexibility index (Phi) is 5.28. The number of rotatable bonds is 5. The zero-order valence-corrected chi connectivity index (χ0v) is 16.7. The van der Waals surface area contributed by atoms with Crippen molar-refractivity contribution < 1.29 is 0 Å². The lowest BCUT2D eigenvalue weighted by atomic mass is 10.0. The van der Waals surface area contributed by atoms with Crippen LogP contribution in [-0.4, -0.2) is 26.2 Å². The van der Waals surface area contributed by atoms with Gasteiger partial charge in [-0.3, -0.25) is 14.6 Å². The van der Waals surface area contributed by atoms with Crippen LogP contribution < -0.4 is 0 Å². The van der Waals surface area contributed by atoms with Crippen LogP contribution in [0.1, 0.15) is 47.1 Å². The molecule has 0 amide bonds. The van der Waals surface area contributed by atoms with E-state index in [9.17, 15) is 0 Å². The Labute approximate surface area is 165 Å². The first-order valence-electron chi connectivity index (χ1n) is 9.52. The molecule has 3 aromatic rings. The third-order valence-electron chi connectivity index (χ3n) is 5.38. The van der Waals surface area contributed by atoms with E-state index in [-0.39, 0.29) is 0 Å². The number of nitrogens with zero attached hydrogens (tertiary/aromatic N) is 4. The molecule has 1 fully saturated rings. The second kappa shape index (κ2) is 7.83. The van der Waals surface area contributed by atoms with Crippen molar-refractivity contribution in [2.24, 2.45) is 7.05 Å². The van der Waals surface area contributed by atoms with Crippen LogP contribution in [0.5, 0.6) is 0 Å². The van der Waals surface area contributed by atoms with Gasteiger partial charge in [0.1, 0.15) is 0 Å². The molecule has 0 N–H and O–H groups in total. The van der Waals surface area contributed by atoms with Gasteiger partial charge < -0.3 is 0 Å². The summed E-state index contributed by atoms with van der Waals surface area (Å²) < 4.78 is 1.96. The van der Waals surface area contributed by atoms with Gasteiger partial charge >= 0.3 is 0 Å². The predicted octanol–water partition coefficient (Wildman–Crippen LogP) is 4.70. The molecule has 0 aliphatic carbocycles. The van der Waals surface area contributed by atoms with E-state index < -0.39 is 0 Å². The van der Waals surface area contributed by atoms with E-state index in [4.69, 9.17) is 16.6 Å². The van der Waals surface area contributed by atoms with Gasteiger partial charge in [-0.25, -0.2) is 0 Å². The molecule has 1 aromatic carbocycles. The van der Waals surface area contributed by atoms with Crippen LogP contribution in [0, 0.1) is 6.92 Å². The summed E-state index contributed by atoms with van der Waals surface area (Å²) >= 11 is 6.37. The Morgan fingerprint density at radius 2 is 2.04 bits per heavy atom. The molecular formula is C22H25ClN4. The summed E-state index contributed by atoms with van der Waals surface area (Å²) in [4.78, 5) is 7.41. The molecule has 1 aliphatic heterocycles. The lowest BCUT2D eigenvalue weighted by molar-refractivity contribution is 0.238. The monoisotopic (exact) mass is 380 g/mol. The van der Waals surface area contributed by atoms with Crippen molar-refractivity contribution in [2.45, 2.75) is 38.8 Å². The fraction of sp³-hybridized carbons (Fsp3) is 0.364. The number of likely N-dealkylation sites (tertiary alicyclic amines) is 1. The van der Waals surface area contributed by atoms with Crippen LogP contribution in [0.25, 0.3) is 0 Å². The number of aromatic nitrogens is 3. The normalized spacial score (nSPS) is 17.5. The first-order chi connectivity index (χ1) is 13.1. The number of hydrogen-bond donors (Lipinski definition) is 0. The smallest absolute Gasteiger partial charge is 0.0581 e. The minimum atomic E-state index is 0.366. The molecular weight excluding hydrogens is 356 g/mol. The van der Waals surface area contributed by atoms with Gasteiger partial charge in [0.2, 0.25) is 0 Å². The average Bonchev–Trinajstić information content (AvgIpc) is 3.26. The molecule has 1 atom stereocenters. The summed E-state index contributed by atoms with van der Waals surface area (Å²) in [6.07, 6.45) is 5.06. The van der Waals surface area contributed by atoms with Gasteiger partial charge in [-0.2, -0.15) is 5.10 Å². The number of aryl methyl sites for hydroxylation is 2. The van der Waals surface area contributed by atoms with E-state index in [0.717, 1.165) is 42.2 Å². The maximum atomic E-state index is 6.37. The third kappa shape index (κ3) is 4.07. The van der Waals surface area contributed by atoms with Crippen LogP contribution in [0.15, 0.2) is 48.7 Å². The SMILES string of the molecule is Cc1cc(Cc2ccccc2Cl)cc(C2CCCN2Cc2ccnn2C)n1. The molecule has 4 rings (SSSR count). The van der Waals surface area contributed by atoms with Crippen LogP contribution in [0.3, 0.4) is 0 Å². The van der Waals surface area contributed by atoms with Crippen LogP contribution in [0.2, 0.25) is 5.02 Å². The topological polar surface area (TPSA) is 34.0 Å². The van der Waals surface area contributed by atoms with Gasteiger partial charge in [0.25, 0.3) is 0 Å². The van der Waals surface area contributed by atoms with Gasteiger partial charge in [0.05, 0.1) is 17.4 Å². The fourth-order valence-corrected chi connectivity index (χ4v) is 4.22. The summed E-state index contributed by atoms with van der Waals surface area (Å²) in [5, 5.41) is 5.13. The molecule has 1 saturated heterocycles. The summed E-state index contributed by atoms with van der Waals surface area (Å²) in [6, 6.07) is 15.0. The van der Waals surface area contributed by atoms with Crippen molar-refractivity contribution in [3.05, 3.63) is 81.9 Å². The Balaban J connectivity index is 1.58. The molecule has 140 valence electrons. The largest absolute Gasteiger partial charge is 0.289 e. The molecule has 0 radical (unpaired) electrons. The maximum absolute atomic E-state index is 6.37. The van der Waals surface area contributed by atoms with E-state index in [0.29, 0.717) is 6.04 Å². The molecule has 5 heteroatoms. The van der Waals surface area contributed by atoms with Crippen molar-refractivity contribution in [3.63, 3.8) is 0 Å². The van der Waals surface area contributed by atoms with Gasteiger partial charge in [0, 0.05) is 30.5 Å². The Morgan fingerprint density at radius 3 is 2.81 bits per heavy atom. The van der Waals surface area contributed by atoms with Gasteiger partial charge in [-0.15, -0.1) is 0 Å². The molecule has 3 heterocycles. The second-order valence-electron chi connectivity index (χ2n) is 7.38. The summed E-state index contributed by atoms with van der Waals surface area (Å²) in [5.74, 6) is 0. The molecule has 0 spiro atoms. The third-order valence-corrected chi connectivity index (χ3v) is 5.75. The highest BCUT2D eigenvalue weighted by atomic mass is 35.5. The first kappa shape index (κ1) is 18.2. The van der Waals surface area contributed by atoms with Crippen molar-refractivity contribution in [2.75, 3.05) is 6.54 Å². The molecule has 1 aliphatic rings. The Bertz CT molecular complexity index is 934. The lowest BCUT2D eigenvalue weighted by Crippen LogP contribution is -2.25. The van der Waals surface area contributed by atoms with Gasteiger partial charge in [-0.05, 0) is 68.1 Å². The standard InChI is InChI=1S/C22H25ClN4/c1-16-12-17(13-18-6-3-4-7-20(18)23)14-21(25-16)22-8-5-11-27(22)15-19-9-10-24-26(19)2/h3-4,6-7,9-10,12,14,22H,5,8,11,13,15H2,1-2H3. The van der Waals surface area contributed by atoms with Crippen LogP contribution in [-0.2, 0) is 20.0 Å². The molecule has 0 saturated carbocycles. The van der Waals surface area contributed by atoms with Crippen molar-refractivity contribution in [1.29, 1.82) is 0 Å². The number of halogens is 1. The highest BCUT2D eigenvalue weighted by Gasteiger charge is 2.28. The van der Waals surface area contributed by atoms with E-state index in [2.05, 4.69) is 41.2 Å². The number of benzene rings is 1. The van der Waals surface area contributed by atoms with E-state index >= 15 is 0 Å².